The number of nitrogens with zero attached hydrogens (tertiary/aromatic N) is 1. The normalized spacial score (nSPS) is 11.2. The lowest BCUT2D eigenvalue weighted by Gasteiger charge is -2.16. The van der Waals surface area contributed by atoms with Gasteiger partial charge in [-0.15, -0.1) is 0 Å². The van der Waals surface area contributed by atoms with Crippen molar-refractivity contribution in [3.8, 4) is 28.1 Å². The summed E-state index contributed by atoms with van der Waals surface area (Å²) in [5, 5.41) is 3.04. The lowest BCUT2D eigenvalue weighted by atomic mass is 9.92. The standard InChI is InChI=1S/C30H36N2O2/c1-22(2)12-7-5-6-8-16-29(33)32-21-24-17-18-25(28(20-24)34-4)26-14-11-13-23(3)30(26)27-15-9-10-19-31-27/h7,9-15,17-20,22H,5-6,8,16,21H2,1-4H3,(H,32,33)/b12-7+. The van der Waals surface area contributed by atoms with Gasteiger partial charge in [0, 0.05) is 30.3 Å². The molecule has 0 aliphatic carbocycles. The molecule has 178 valence electrons. The first kappa shape index (κ1) is 25.2. The van der Waals surface area contributed by atoms with Crippen molar-refractivity contribution >= 4 is 5.91 Å². The smallest absolute Gasteiger partial charge is 0.220 e. The quantitative estimate of drug-likeness (QED) is 0.247. The van der Waals surface area contributed by atoms with E-state index in [9.17, 15) is 4.79 Å². The zero-order valence-corrected chi connectivity index (χ0v) is 20.8. The first-order chi connectivity index (χ1) is 16.5. The summed E-state index contributed by atoms with van der Waals surface area (Å²) in [6, 6.07) is 18.4. The summed E-state index contributed by atoms with van der Waals surface area (Å²) in [7, 11) is 1.69. The Balaban J connectivity index is 1.67. The van der Waals surface area contributed by atoms with Crippen molar-refractivity contribution in [1.82, 2.24) is 10.3 Å². The summed E-state index contributed by atoms with van der Waals surface area (Å²) >= 11 is 0. The zero-order valence-electron chi connectivity index (χ0n) is 20.8. The zero-order chi connectivity index (χ0) is 24.3. The topological polar surface area (TPSA) is 51.2 Å². The van der Waals surface area contributed by atoms with Crippen LogP contribution >= 0.6 is 0 Å². The molecular weight excluding hydrogens is 420 g/mol. The number of allylic oxidation sites excluding steroid dienone is 2. The van der Waals surface area contributed by atoms with E-state index in [1.165, 1.54) is 0 Å². The first-order valence-electron chi connectivity index (χ1n) is 12.1. The van der Waals surface area contributed by atoms with Crippen LogP contribution in [0.4, 0.5) is 0 Å². The Hall–Kier alpha value is -3.40. The number of carbonyl (C=O) groups is 1. The summed E-state index contributed by atoms with van der Waals surface area (Å²) < 4.78 is 5.76. The molecule has 1 N–H and O–H groups in total. The third kappa shape index (κ3) is 7.05. The van der Waals surface area contributed by atoms with Crippen molar-refractivity contribution in [3.05, 3.63) is 84.1 Å². The van der Waals surface area contributed by atoms with Gasteiger partial charge in [0.05, 0.1) is 12.8 Å². The van der Waals surface area contributed by atoms with Crippen molar-refractivity contribution in [1.29, 1.82) is 0 Å². The van der Waals surface area contributed by atoms with Gasteiger partial charge in [-0.3, -0.25) is 9.78 Å². The van der Waals surface area contributed by atoms with E-state index in [2.05, 4.69) is 73.6 Å². The van der Waals surface area contributed by atoms with Crippen molar-refractivity contribution in [2.24, 2.45) is 5.92 Å². The maximum Gasteiger partial charge on any atom is 0.220 e. The second-order valence-electron chi connectivity index (χ2n) is 8.94. The molecule has 0 bridgehead atoms. The number of rotatable bonds is 11. The predicted octanol–water partition coefficient (Wildman–Crippen LogP) is 7.12. The summed E-state index contributed by atoms with van der Waals surface area (Å²) in [6.07, 6.45) is 9.77. The number of amides is 1. The third-order valence-corrected chi connectivity index (χ3v) is 5.79. The molecular formula is C30H36N2O2. The lowest BCUT2D eigenvalue weighted by Crippen LogP contribution is -2.22. The number of benzene rings is 2. The molecule has 4 nitrogen and oxygen atoms in total. The third-order valence-electron chi connectivity index (χ3n) is 5.79. The molecule has 4 heteroatoms. The van der Waals surface area contributed by atoms with Gasteiger partial charge < -0.3 is 10.1 Å². The van der Waals surface area contributed by atoms with Gasteiger partial charge in [0.25, 0.3) is 0 Å². The van der Waals surface area contributed by atoms with E-state index in [0.717, 1.165) is 58.5 Å². The highest BCUT2D eigenvalue weighted by Crippen LogP contribution is 2.38. The fourth-order valence-electron chi connectivity index (χ4n) is 4.02. The number of nitrogens with one attached hydrogen (secondary N) is 1. The number of unbranched alkanes of at least 4 members (excludes halogenated alkanes) is 2. The van der Waals surface area contributed by atoms with Gasteiger partial charge >= 0.3 is 0 Å². The van der Waals surface area contributed by atoms with Crippen molar-refractivity contribution in [2.75, 3.05) is 7.11 Å². The number of hydrogen-bond donors (Lipinski definition) is 1. The van der Waals surface area contributed by atoms with Gasteiger partial charge in [-0.05, 0) is 67.0 Å². The van der Waals surface area contributed by atoms with Gasteiger partial charge in [0.2, 0.25) is 5.91 Å². The minimum atomic E-state index is 0.0898. The average molecular weight is 457 g/mol. The molecule has 1 amide bonds. The van der Waals surface area contributed by atoms with Gasteiger partial charge in [0.15, 0.2) is 0 Å². The number of hydrogen-bond acceptors (Lipinski definition) is 3. The van der Waals surface area contributed by atoms with Gasteiger partial charge in [-0.1, -0.05) is 62.4 Å². The monoisotopic (exact) mass is 456 g/mol. The molecule has 0 spiro atoms. The molecule has 2 aromatic carbocycles. The molecule has 3 rings (SSSR count). The van der Waals surface area contributed by atoms with E-state index in [-0.39, 0.29) is 5.91 Å². The molecule has 3 aromatic rings. The van der Waals surface area contributed by atoms with E-state index >= 15 is 0 Å². The van der Waals surface area contributed by atoms with Crippen LogP contribution in [0.2, 0.25) is 0 Å². The fraction of sp³-hybridized carbons (Fsp3) is 0.333. The Morgan fingerprint density at radius 2 is 1.91 bits per heavy atom. The molecule has 0 atom stereocenters. The number of aryl methyl sites for hydroxylation is 1. The van der Waals surface area contributed by atoms with Crippen LogP contribution in [-0.2, 0) is 11.3 Å². The van der Waals surface area contributed by atoms with E-state index in [1.54, 1.807) is 7.11 Å². The molecule has 1 heterocycles. The minimum Gasteiger partial charge on any atom is -0.496 e. The molecule has 0 aliphatic heterocycles. The summed E-state index contributed by atoms with van der Waals surface area (Å²) in [5.74, 6) is 1.46. The van der Waals surface area contributed by atoms with Gasteiger partial charge in [0.1, 0.15) is 5.75 Å². The van der Waals surface area contributed by atoms with Crippen LogP contribution in [0.5, 0.6) is 5.75 Å². The van der Waals surface area contributed by atoms with Gasteiger partial charge in [-0.2, -0.15) is 0 Å². The van der Waals surface area contributed by atoms with Gasteiger partial charge in [-0.25, -0.2) is 0 Å². The van der Waals surface area contributed by atoms with Crippen LogP contribution in [0, 0.1) is 12.8 Å². The first-order valence-corrected chi connectivity index (χ1v) is 12.1. The van der Waals surface area contributed by atoms with Crippen LogP contribution in [0.3, 0.4) is 0 Å². The summed E-state index contributed by atoms with van der Waals surface area (Å²) in [4.78, 5) is 16.8. The van der Waals surface area contributed by atoms with Crippen LogP contribution < -0.4 is 10.1 Å². The molecule has 0 saturated carbocycles. The molecule has 0 radical (unpaired) electrons. The molecule has 0 saturated heterocycles. The number of carbonyl (C=O) groups excluding carboxylic acids is 1. The lowest BCUT2D eigenvalue weighted by molar-refractivity contribution is -0.121. The maximum absolute atomic E-state index is 12.3. The maximum atomic E-state index is 12.3. The van der Waals surface area contributed by atoms with E-state index in [4.69, 9.17) is 4.74 Å². The summed E-state index contributed by atoms with van der Waals surface area (Å²) in [5.41, 5.74) is 6.31. The fourth-order valence-corrected chi connectivity index (χ4v) is 4.02. The Morgan fingerprint density at radius 1 is 1.06 bits per heavy atom. The molecule has 1 aromatic heterocycles. The van der Waals surface area contributed by atoms with E-state index < -0.39 is 0 Å². The van der Waals surface area contributed by atoms with E-state index in [0.29, 0.717) is 18.9 Å². The number of pyridine rings is 1. The SMILES string of the molecule is COc1cc(CNC(=O)CCCC/C=C/C(C)C)ccc1-c1cccc(C)c1-c1ccccn1. The predicted molar refractivity (Wildman–Crippen MR) is 141 cm³/mol. The van der Waals surface area contributed by atoms with Crippen LogP contribution in [-0.4, -0.2) is 18.0 Å². The van der Waals surface area contributed by atoms with Crippen molar-refractivity contribution < 1.29 is 9.53 Å². The summed E-state index contributed by atoms with van der Waals surface area (Å²) in [6.45, 7) is 6.94. The van der Waals surface area contributed by atoms with E-state index in [1.807, 2.05) is 30.5 Å². The largest absolute Gasteiger partial charge is 0.496 e. The van der Waals surface area contributed by atoms with Crippen LogP contribution in [0.25, 0.3) is 22.4 Å². The molecule has 34 heavy (non-hydrogen) atoms. The van der Waals surface area contributed by atoms with Crippen molar-refractivity contribution in [3.63, 3.8) is 0 Å². The highest BCUT2D eigenvalue weighted by molar-refractivity contribution is 5.86. The molecule has 0 fully saturated rings. The van der Waals surface area contributed by atoms with Crippen LogP contribution in [0.1, 0.15) is 50.7 Å². The Bertz CT molecular complexity index is 1100. The minimum absolute atomic E-state index is 0.0898. The second kappa shape index (κ2) is 12.7. The number of methoxy groups -OCH3 is 1. The molecule has 0 unspecified atom stereocenters. The van der Waals surface area contributed by atoms with Crippen molar-refractivity contribution in [2.45, 2.75) is 53.0 Å². The second-order valence-corrected chi connectivity index (χ2v) is 8.94. The average Bonchev–Trinajstić information content (AvgIpc) is 2.85. The number of aromatic nitrogens is 1. The molecule has 0 aliphatic rings. The Labute approximate surface area is 204 Å². The highest BCUT2D eigenvalue weighted by Gasteiger charge is 2.15. The number of ether oxygens (including phenoxy) is 1. The Morgan fingerprint density at radius 3 is 2.65 bits per heavy atom. The highest BCUT2D eigenvalue weighted by atomic mass is 16.5. The van der Waals surface area contributed by atoms with Crippen LogP contribution in [0.15, 0.2) is 72.9 Å². The Kier molecular flexibility index (Phi) is 9.45.